The fraction of sp³-hybridized carbons (Fsp3) is 0.333. The van der Waals surface area contributed by atoms with Gasteiger partial charge in [0.25, 0.3) is 5.78 Å². The lowest BCUT2D eigenvalue weighted by atomic mass is 10.0. The van der Waals surface area contributed by atoms with Crippen molar-refractivity contribution >= 4 is 33.4 Å². The van der Waals surface area contributed by atoms with E-state index >= 15 is 0 Å². The molecule has 1 aromatic rings. The molecule has 0 radical (unpaired) electrons. The van der Waals surface area contributed by atoms with Gasteiger partial charge in [0.1, 0.15) is 0 Å². The summed E-state index contributed by atoms with van der Waals surface area (Å²) in [7, 11) is 0. The van der Waals surface area contributed by atoms with Crippen molar-refractivity contribution in [1.82, 2.24) is 0 Å². The first-order valence-electron chi connectivity index (χ1n) is 5.48. The third-order valence-electron chi connectivity index (χ3n) is 2.50. The third-order valence-corrected chi connectivity index (χ3v) is 3.52. The van der Waals surface area contributed by atoms with E-state index in [0.29, 0.717) is 4.47 Å². The van der Waals surface area contributed by atoms with Crippen LogP contribution in [0.25, 0.3) is 0 Å². The van der Waals surface area contributed by atoms with E-state index in [9.17, 15) is 14.7 Å². The van der Waals surface area contributed by atoms with Gasteiger partial charge in [0, 0.05) is 16.7 Å². The standard InChI is InChI=1S/C12H14BrNO5/c1-6-2-3-8(14-4-7(16)5-15)9(10(6)13)11(17)12(18)19/h2-3,7,14-16H,4-5H2,1H3,(H,18,19). The molecular weight excluding hydrogens is 318 g/mol. The number of carbonyl (C=O) groups is 2. The molecule has 1 atom stereocenters. The van der Waals surface area contributed by atoms with Crippen LogP contribution in [-0.2, 0) is 4.79 Å². The molecule has 0 aromatic heterocycles. The van der Waals surface area contributed by atoms with Gasteiger partial charge >= 0.3 is 5.97 Å². The molecule has 0 fully saturated rings. The Labute approximate surface area is 118 Å². The zero-order valence-corrected chi connectivity index (χ0v) is 11.8. The van der Waals surface area contributed by atoms with Crippen LogP contribution in [0.3, 0.4) is 0 Å². The molecule has 0 saturated heterocycles. The second kappa shape index (κ2) is 6.65. The minimum atomic E-state index is -1.56. The monoisotopic (exact) mass is 331 g/mol. The van der Waals surface area contributed by atoms with Gasteiger partial charge in [-0.1, -0.05) is 6.07 Å². The summed E-state index contributed by atoms with van der Waals surface area (Å²) in [6.07, 6.45) is -0.993. The largest absolute Gasteiger partial charge is 0.475 e. The molecule has 0 bridgehead atoms. The number of aliphatic hydroxyl groups excluding tert-OH is 2. The van der Waals surface area contributed by atoms with Crippen molar-refractivity contribution in [2.24, 2.45) is 0 Å². The molecular formula is C12H14BrNO5. The zero-order chi connectivity index (χ0) is 14.6. The molecule has 104 valence electrons. The van der Waals surface area contributed by atoms with Gasteiger partial charge in [0.2, 0.25) is 0 Å². The van der Waals surface area contributed by atoms with Crippen LogP contribution in [0.5, 0.6) is 0 Å². The topological polar surface area (TPSA) is 107 Å². The van der Waals surface area contributed by atoms with E-state index in [0.717, 1.165) is 5.56 Å². The van der Waals surface area contributed by atoms with Crippen LogP contribution in [0.1, 0.15) is 15.9 Å². The average Bonchev–Trinajstić information content (AvgIpc) is 2.38. The number of nitrogens with one attached hydrogen (secondary N) is 1. The average molecular weight is 332 g/mol. The molecule has 0 spiro atoms. The maximum atomic E-state index is 11.7. The first kappa shape index (κ1) is 15.6. The highest BCUT2D eigenvalue weighted by atomic mass is 79.9. The van der Waals surface area contributed by atoms with Gasteiger partial charge in [-0.15, -0.1) is 0 Å². The summed E-state index contributed by atoms with van der Waals surface area (Å²) >= 11 is 3.19. The Bertz CT molecular complexity index is 503. The van der Waals surface area contributed by atoms with E-state index in [2.05, 4.69) is 21.2 Å². The number of aliphatic hydroxyl groups is 2. The number of hydrogen-bond acceptors (Lipinski definition) is 5. The fourth-order valence-corrected chi connectivity index (χ4v) is 1.97. The molecule has 1 rings (SSSR count). The van der Waals surface area contributed by atoms with Crippen LogP contribution in [0.2, 0.25) is 0 Å². The second-order valence-electron chi connectivity index (χ2n) is 3.97. The summed E-state index contributed by atoms with van der Waals surface area (Å²) in [6.45, 7) is 1.31. The first-order valence-corrected chi connectivity index (χ1v) is 6.27. The molecule has 6 nitrogen and oxygen atoms in total. The number of aliphatic carboxylic acids is 1. The van der Waals surface area contributed by atoms with Crippen LogP contribution in [0.15, 0.2) is 16.6 Å². The second-order valence-corrected chi connectivity index (χ2v) is 4.76. The number of benzene rings is 1. The number of hydrogen-bond donors (Lipinski definition) is 4. The number of halogens is 1. The van der Waals surface area contributed by atoms with E-state index in [-0.39, 0.29) is 17.8 Å². The minimum absolute atomic E-state index is 0.00219. The fourth-order valence-electron chi connectivity index (χ4n) is 1.45. The third kappa shape index (κ3) is 3.76. The highest BCUT2D eigenvalue weighted by molar-refractivity contribution is 9.10. The van der Waals surface area contributed by atoms with Crippen molar-refractivity contribution in [2.45, 2.75) is 13.0 Å². The number of carbonyl (C=O) groups excluding carboxylic acids is 1. The van der Waals surface area contributed by atoms with Crippen LogP contribution >= 0.6 is 15.9 Å². The van der Waals surface area contributed by atoms with Crippen molar-refractivity contribution < 1.29 is 24.9 Å². The Morgan fingerprint density at radius 3 is 2.58 bits per heavy atom. The SMILES string of the molecule is Cc1ccc(NCC(O)CO)c(C(=O)C(=O)O)c1Br. The summed E-state index contributed by atoms with van der Waals surface area (Å²) in [5.41, 5.74) is 1.01. The van der Waals surface area contributed by atoms with Crippen LogP contribution in [0.4, 0.5) is 5.69 Å². The molecule has 0 saturated carbocycles. The number of aryl methyl sites for hydroxylation is 1. The van der Waals surface area contributed by atoms with Gasteiger partial charge in [-0.05, 0) is 34.5 Å². The molecule has 1 unspecified atom stereocenters. The number of carboxylic acid groups (broad SMARTS) is 1. The number of rotatable bonds is 6. The zero-order valence-electron chi connectivity index (χ0n) is 10.2. The number of Topliss-reactive ketones (excluding diaryl/α,β-unsaturated/α-hetero) is 1. The van der Waals surface area contributed by atoms with Crippen LogP contribution in [0, 0.1) is 6.92 Å². The lowest BCUT2D eigenvalue weighted by Gasteiger charge is -2.15. The predicted octanol–water partition coefficient (Wildman–Crippen LogP) is 0.790. The van der Waals surface area contributed by atoms with E-state index in [1.165, 1.54) is 0 Å². The first-order chi connectivity index (χ1) is 8.88. The van der Waals surface area contributed by atoms with Crippen molar-refractivity contribution in [1.29, 1.82) is 0 Å². The summed E-state index contributed by atoms with van der Waals surface area (Å²) in [5.74, 6) is -2.60. The van der Waals surface area contributed by atoms with Crippen molar-refractivity contribution in [3.8, 4) is 0 Å². The van der Waals surface area contributed by atoms with Gasteiger partial charge in [-0.25, -0.2) is 4.79 Å². The van der Waals surface area contributed by atoms with Crippen molar-refractivity contribution in [3.05, 3.63) is 27.7 Å². The Balaban J connectivity index is 3.13. The Kier molecular flexibility index (Phi) is 5.46. The summed E-state index contributed by atoms with van der Waals surface area (Å²) in [4.78, 5) is 22.5. The highest BCUT2D eigenvalue weighted by Gasteiger charge is 2.23. The lowest BCUT2D eigenvalue weighted by Crippen LogP contribution is -2.24. The summed E-state index contributed by atoms with van der Waals surface area (Å²) in [6, 6.07) is 3.26. The molecule has 0 aliphatic rings. The van der Waals surface area contributed by atoms with Crippen molar-refractivity contribution in [2.75, 3.05) is 18.5 Å². The molecule has 7 heteroatoms. The van der Waals surface area contributed by atoms with E-state index in [1.807, 2.05) is 0 Å². The molecule has 19 heavy (non-hydrogen) atoms. The number of carboxylic acids is 1. The Morgan fingerprint density at radius 1 is 1.42 bits per heavy atom. The Hall–Kier alpha value is -1.44. The van der Waals surface area contributed by atoms with E-state index in [1.54, 1.807) is 19.1 Å². The number of anilines is 1. The highest BCUT2D eigenvalue weighted by Crippen LogP contribution is 2.29. The van der Waals surface area contributed by atoms with E-state index < -0.39 is 24.5 Å². The smallest absolute Gasteiger partial charge is 0.377 e. The molecule has 0 amide bonds. The van der Waals surface area contributed by atoms with E-state index in [4.69, 9.17) is 10.2 Å². The Morgan fingerprint density at radius 2 is 2.05 bits per heavy atom. The van der Waals surface area contributed by atoms with Gasteiger partial charge in [0.15, 0.2) is 0 Å². The lowest BCUT2D eigenvalue weighted by molar-refractivity contribution is -0.131. The summed E-state index contributed by atoms with van der Waals surface area (Å²) < 4.78 is 0.392. The number of ketones is 1. The van der Waals surface area contributed by atoms with Crippen molar-refractivity contribution in [3.63, 3.8) is 0 Å². The molecule has 0 aliphatic heterocycles. The molecule has 1 aromatic carbocycles. The van der Waals surface area contributed by atoms with Crippen LogP contribution in [-0.4, -0.2) is 46.3 Å². The van der Waals surface area contributed by atoms with Gasteiger partial charge in [0.05, 0.1) is 18.3 Å². The maximum Gasteiger partial charge on any atom is 0.377 e. The quantitative estimate of drug-likeness (QED) is 0.453. The maximum absolute atomic E-state index is 11.7. The summed E-state index contributed by atoms with van der Waals surface area (Å²) in [5, 5.41) is 29.5. The van der Waals surface area contributed by atoms with Gasteiger partial charge in [-0.2, -0.15) is 0 Å². The predicted molar refractivity (Wildman–Crippen MR) is 72.4 cm³/mol. The van der Waals surface area contributed by atoms with Crippen LogP contribution < -0.4 is 5.32 Å². The normalized spacial score (nSPS) is 12.0. The van der Waals surface area contributed by atoms with Gasteiger partial charge in [-0.3, -0.25) is 4.79 Å². The molecule has 0 heterocycles. The minimum Gasteiger partial charge on any atom is -0.475 e. The molecule has 0 aliphatic carbocycles. The van der Waals surface area contributed by atoms with Gasteiger partial charge < -0.3 is 20.6 Å². The molecule has 4 N–H and O–H groups in total.